The van der Waals surface area contributed by atoms with E-state index in [9.17, 15) is 4.79 Å². The van der Waals surface area contributed by atoms with Gasteiger partial charge in [0, 0.05) is 5.41 Å². The summed E-state index contributed by atoms with van der Waals surface area (Å²) in [4.78, 5) is 10.9. The zero-order chi connectivity index (χ0) is 10.6. The average molecular weight is 190 g/mol. The maximum atomic E-state index is 10.9. The van der Waals surface area contributed by atoms with Crippen LogP contribution in [0.3, 0.4) is 0 Å². The van der Waals surface area contributed by atoms with Crippen LogP contribution in [0.5, 0.6) is 0 Å². The highest BCUT2D eigenvalue weighted by atomic mass is 16.1. The van der Waals surface area contributed by atoms with Crippen LogP contribution in [0.25, 0.3) is 0 Å². The van der Waals surface area contributed by atoms with Gasteiger partial charge in [0.25, 0.3) is 0 Å². The Morgan fingerprint density at radius 3 is 2.64 bits per heavy atom. The van der Waals surface area contributed by atoms with Crippen LogP contribution >= 0.6 is 0 Å². The first-order valence-electron chi connectivity index (χ1n) is 5.16. The van der Waals surface area contributed by atoms with E-state index in [2.05, 4.69) is 19.1 Å². The molecule has 0 N–H and O–H groups in total. The summed E-state index contributed by atoms with van der Waals surface area (Å²) in [6.45, 7) is 6.06. The maximum absolute atomic E-state index is 10.9. The molecule has 0 spiro atoms. The Bertz CT molecular complexity index is 313. The van der Waals surface area contributed by atoms with Crippen LogP contribution in [0, 0.1) is 0 Å². The molecule has 0 unspecified atom stereocenters. The third kappa shape index (κ3) is 2.44. The number of aldehydes is 1. The second-order valence-corrected chi connectivity index (χ2v) is 4.29. The molecule has 0 atom stereocenters. The quantitative estimate of drug-likeness (QED) is 0.667. The second-order valence-electron chi connectivity index (χ2n) is 4.29. The Balaban J connectivity index is 2.99. The van der Waals surface area contributed by atoms with Crippen molar-refractivity contribution in [1.82, 2.24) is 0 Å². The molecule has 1 aromatic carbocycles. The van der Waals surface area contributed by atoms with Gasteiger partial charge in [0.15, 0.2) is 0 Å². The van der Waals surface area contributed by atoms with E-state index < -0.39 is 0 Å². The number of carbonyl (C=O) groups is 1. The second kappa shape index (κ2) is 4.41. The van der Waals surface area contributed by atoms with Gasteiger partial charge >= 0.3 is 0 Å². The first-order chi connectivity index (χ1) is 6.60. The van der Waals surface area contributed by atoms with Crippen molar-refractivity contribution in [3.8, 4) is 0 Å². The van der Waals surface area contributed by atoms with Gasteiger partial charge in [-0.2, -0.15) is 0 Å². The van der Waals surface area contributed by atoms with Crippen molar-refractivity contribution in [2.45, 2.75) is 39.0 Å². The largest absolute Gasteiger partial charge is 0.302 e. The molecule has 0 heterocycles. The minimum Gasteiger partial charge on any atom is -0.302 e. The number of rotatable bonds is 4. The lowest BCUT2D eigenvalue weighted by Crippen LogP contribution is -2.18. The fourth-order valence-electron chi connectivity index (χ4n) is 1.48. The Kier molecular flexibility index (Phi) is 3.45. The molecular weight excluding hydrogens is 172 g/mol. The molecule has 0 radical (unpaired) electrons. The van der Waals surface area contributed by atoms with Gasteiger partial charge in [0.2, 0.25) is 0 Å². The van der Waals surface area contributed by atoms with E-state index >= 15 is 0 Å². The van der Waals surface area contributed by atoms with E-state index in [1.54, 1.807) is 0 Å². The van der Waals surface area contributed by atoms with E-state index in [0.717, 1.165) is 24.7 Å². The highest BCUT2D eigenvalue weighted by Crippen LogP contribution is 2.21. The topological polar surface area (TPSA) is 17.1 Å². The highest BCUT2D eigenvalue weighted by molar-refractivity contribution is 5.67. The molecule has 0 amide bonds. The predicted molar refractivity (Wildman–Crippen MR) is 59.5 cm³/mol. The molecule has 1 heteroatoms. The van der Waals surface area contributed by atoms with Crippen molar-refractivity contribution in [2.75, 3.05) is 0 Å². The lowest BCUT2D eigenvalue weighted by Gasteiger charge is -2.18. The predicted octanol–water partition coefficient (Wildman–Crippen LogP) is 3.12. The molecule has 1 nitrogen and oxygen atoms in total. The molecule has 0 saturated carbocycles. The third-order valence-corrected chi connectivity index (χ3v) is 2.50. The van der Waals surface area contributed by atoms with E-state index in [1.165, 1.54) is 5.56 Å². The normalized spacial score (nSPS) is 11.4. The molecule has 76 valence electrons. The molecule has 0 aliphatic carbocycles. The Hall–Kier alpha value is -1.11. The minimum absolute atomic E-state index is 0.357. The van der Waals surface area contributed by atoms with Crippen LogP contribution in [0.2, 0.25) is 0 Å². The zero-order valence-corrected chi connectivity index (χ0v) is 9.21. The zero-order valence-electron chi connectivity index (χ0n) is 9.21. The summed E-state index contributed by atoms with van der Waals surface area (Å²) >= 11 is 0. The number of aryl methyl sites for hydroxylation is 1. The maximum Gasteiger partial charge on any atom is 0.129 e. The molecule has 0 aromatic heterocycles. The third-order valence-electron chi connectivity index (χ3n) is 2.50. The number of hydrogen-bond acceptors (Lipinski definition) is 1. The van der Waals surface area contributed by atoms with Crippen molar-refractivity contribution >= 4 is 6.29 Å². The Morgan fingerprint density at radius 1 is 1.36 bits per heavy atom. The van der Waals surface area contributed by atoms with Gasteiger partial charge in [0.1, 0.15) is 6.29 Å². The average Bonchev–Trinajstić information content (AvgIpc) is 2.19. The van der Waals surface area contributed by atoms with Crippen LogP contribution in [0.15, 0.2) is 24.3 Å². The van der Waals surface area contributed by atoms with Crippen molar-refractivity contribution in [3.05, 3.63) is 35.4 Å². The van der Waals surface area contributed by atoms with Gasteiger partial charge in [-0.15, -0.1) is 0 Å². The van der Waals surface area contributed by atoms with Crippen molar-refractivity contribution < 1.29 is 4.79 Å². The summed E-state index contributed by atoms with van der Waals surface area (Å²) in [5.74, 6) is 0. The number of hydrogen-bond donors (Lipinski definition) is 0. The van der Waals surface area contributed by atoms with Crippen molar-refractivity contribution in [1.29, 1.82) is 0 Å². The molecule has 0 aliphatic heterocycles. The fourth-order valence-corrected chi connectivity index (χ4v) is 1.48. The van der Waals surface area contributed by atoms with Crippen molar-refractivity contribution in [3.63, 3.8) is 0 Å². The van der Waals surface area contributed by atoms with E-state index in [4.69, 9.17) is 0 Å². The van der Waals surface area contributed by atoms with Crippen LogP contribution < -0.4 is 0 Å². The van der Waals surface area contributed by atoms with Crippen LogP contribution in [0.4, 0.5) is 0 Å². The van der Waals surface area contributed by atoms with Crippen LogP contribution in [-0.4, -0.2) is 6.29 Å². The molecule has 1 rings (SSSR count). The molecular formula is C13H18O. The van der Waals surface area contributed by atoms with Gasteiger partial charge in [-0.1, -0.05) is 37.6 Å². The van der Waals surface area contributed by atoms with Gasteiger partial charge in [-0.3, -0.25) is 0 Å². The summed E-state index contributed by atoms with van der Waals surface area (Å²) in [5.41, 5.74) is 2.07. The van der Waals surface area contributed by atoms with Gasteiger partial charge in [-0.05, 0) is 31.4 Å². The minimum atomic E-state index is -0.357. The lowest BCUT2D eigenvalue weighted by molar-refractivity contribution is -0.111. The first kappa shape index (κ1) is 11.0. The Morgan fingerprint density at radius 2 is 2.07 bits per heavy atom. The summed E-state index contributed by atoms with van der Waals surface area (Å²) < 4.78 is 0. The van der Waals surface area contributed by atoms with Crippen LogP contribution in [0.1, 0.15) is 38.3 Å². The molecule has 0 saturated heterocycles. The first-order valence-corrected chi connectivity index (χ1v) is 5.16. The summed E-state index contributed by atoms with van der Waals surface area (Å²) in [6.07, 6.45) is 3.24. The monoisotopic (exact) mass is 190 g/mol. The van der Waals surface area contributed by atoms with Crippen molar-refractivity contribution in [2.24, 2.45) is 0 Å². The molecule has 0 aliphatic rings. The molecule has 0 bridgehead atoms. The van der Waals surface area contributed by atoms with Crippen LogP contribution in [-0.2, 0) is 16.6 Å². The summed E-state index contributed by atoms with van der Waals surface area (Å²) in [5, 5.41) is 0. The smallest absolute Gasteiger partial charge is 0.129 e. The highest BCUT2D eigenvalue weighted by Gasteiger charge is 2.19. The Labute approximate surface area is 86.1 Å². The summed E-state index contributed by atoms with van der Waals surface area (Å²) in [7, 11) is 0. The standard InChI is InChI=1S/C13H18O/c1-4-6-11-7-5-8-12(9-11)13(2,3)10-14/h5,7-10H,4,6H2,1-3H3. The van der Waals surface area contributed by atoms with E-state index in [-0.39, 0.29) is 5.41 Å². The fraction of sp³-hybridized carbons (Fsp3) is 0.462. The number of carbonyl (C=O) groups excluding carboxylic acids is 1. The lowest BCUT2D eigenvalue weighted by atomic mass is 9.85. The SMILES string of the molecule is CCCc1cccc(C(C)(C)C=O)c1. The van der Waals surface area contributed by atoms with E-state index in [1.807, 2.05) is 26.0 Å². The number of benzene rings is 1. The summed E-state index contributed by atoms with van der Waals surface area (Å²) in [6, 6.07) is 8.31. The van der Waals surface area contributed by atoms with Gasteiger partial charge in [-0.25, -0.2) is 0 Å². The molecule has 0 fully saturated rings. The molecule has 14 heavy (non-hydrogen) atoms. The van der Waals surface area contributed by atoms with E-state index in [0.29, 0.717) is 0 Å². The van der Waals surface area contributed by atoms with Gasteiger partial charge in [0.05, 0.1) is 0 Å². The molecule has 1 aromatic rings. The van der Waals surface area contributed by atoms with Gasteiger partial charge < -0.3 is 4.79 Å².